The van der Waals surface area contributed by atoms with E-state index in [1.165, 1.54) is 12.1 Å². The molecule has 0 fully saturated rings. The molecule has 0 radical (unpaired) electrons. The molecule has 3 heterocycles. The van der Waals surface area contributed by atoms with Gasteiger partial charge in [-0.15, -0.1) is 0 Å². The van der Waals surface area contributed by atoms with Crippen LogP contribution in [0, 0.1) is 5.92 Å². The van der Waals surface area contributed by atoms with Gasteiger partial charge in [0.15, 0.2) is 0 Å². The van der Waals surface area contributed by atoms with Gasteiger partial charge in [-0.3, -0.25) is 4.98 Å². The number of nitrogens with one attached hydrogen (secondary N) is 2. The zero-order valence-electron chi connectivity index (χ0n) is 17.4. The lowest BCUT2D eigenvalue weighted by atomic mass is 10.1. The zero-order chi connectivity index (χ0) is 22.7. The highest BCUT2D eigenvalue weighted by Crippen LogP contribution is 2.34. The van der Waals surface area contributed by atoms with E-state index in [0.717, 1.165) is 23.6 Å². The van der Waals surface area contributed by atoms with Crippen LogP contribution in [0.1, 0.15) is 24.2 Å². The lowest BCUT2D eigenvalue weighted by Gasteiger charge is -2.35. The number of pyridine rings is 1. The SMILES string of the molecule is CC(NC(=O)NCC1CN(c2ccc(C(F)(F)F)cc2)c2ccnn2C1)c1ccccn1. The Kier molecular flexibility index (Phi) is 6.02. The number of hydrogen-bond donors (Lipinski definition) is 2. The van der Waals surface area contributed by atoms with Crippen molar-refractivity contribution in [2.75, 3.05) is 18.0 Å². The van der Waals surface area contributed by atoms with Crippen LogP contribution in [0.5, 0.6) is 0 Å². The van der Waals surface area contributed by atoms with Crippen LogP contribution in [0.15, 0.2) is 60.9 Å². The third-order valence-electron chi connectivity index (χ3n) is 5.38. The van der Waals surface area contributed by atoms with Crippen molar-refractivity contribution in [3.8, 4) is 0 Å². The number of nitrogens with zero attached hydrogens (tertiary/aromatic N) is 4. The monoisotopic (exact) mass is 444 g/mol. The average Bonchev–Trinajstić information content (AvgIpc) is 3.26. The van der Waals surface area contributed by atoms with Crippen LogP contribution in [-0.2, 0) is 12.7 Å². The predicted molar refractivity (Wildman–Crippen MR) is 113 cm³/mol. The van der Waals surface area contributed by atoms with Crippen molar-refractivity contribution in [2.45, 2.75) is 25.7 Å². The molecular formula is C22H23F3N6O. The largest absolute Gasteiger partial charge is 0.416 e. The summed E-state index contributed by atoms with van der Waals surface area (Å²) < 4.78 is 40.5. The molecule has 2 aromatic heterocycles. The van der Waals surface area contributed by atoms with Crippen molar-refractivity contribution in [3.05, 3.63) is 72.2 Å². The van der Waals surface area contributed by atoms with Crippen LogP contribution < -0.4 is 15.5 Å². The first-order chi connectivity index (χ1) is 15.3. The minimum atomic E-state index is -4.38. The predicted octanol–water partition coefficient (Wildman–Crippen LogP) is 4.13. The quantitative estimate of drug-likeness (QED) is 0.621. The molecule has 1 aliphatic rings. The fourth-order valence-corrected chi connectivity index (χ4v) is 3.74. The van der Waals surface area contributed by atoms with E-state index in [2.05, 4.69) is 20.7 Å². The number of anilines is 2. The molecular weight excluding hydrogens is 421 g/mol. The highest BCUT2D eigenvalue weighted by atomic mass is 19.4. The summed E-state index contributed by atoms with van der Waals surface area (Å²) in [6.07, 6.45) is -1.05. The number of benzene rings is 1. The molecule has 4 rings (SSSR count). The number of amides is 2. The maximum atomic E-state index is 12.9. The maximum Gasteiger partial charge on any atom is 0.416 e. The van der Waals surface area contributed by atoms with Crippen LogP contribution in [0.4, 0.5) is 29.5 Å². The number of halogens is 3. The van der Waals surface area contributed by atoms with Gasteiger partial charge in [-0.1, -0.05) is 6.07 Å². The van der Waals surface area contributed by atoms with Crippen molar-refractivity contribution >= 4 is 17.5 Å². The number of carbonyl (C=O) groups is 1. The van der Waals surface area contributed by atoms with Gasteiger partial charge in [-0.25, -0.2) is 9.48 Å². The molecule has 0 aliphatic carbocycles. The molecule has 3 aromatic rings. The van der Waals surface area contributed by atoms with Crippen molar-refractivity contribution in [3.63, 3.8) is 0 Å². The lowest BCUT2D eigenvalue weighted by molar-refractivity contribution is -0.137. The van der Waals surface area contributed by atoms with Gasteiger partial charge in [0.05, 0.1) is 23.5 Å². The molecule has 7 nitrogen and oxygen atoms in total. The molecule has 32 heavy (non-hydrogen) atoms. The van der Waals surface area contributed by atoms with Gasteiger partial charge in [0.2, 0.25) is 0 Å². The van der Waals surface area contributed by atoms with Gasteiger partial charge >= 0.3 is 12.2 Å². The van der Waals surface area contributed by atoms with Crippen LogP contribution in [0.2, 0.25) is 0 Å². The summed E-state index contributed by atoms with van der Waals surface area (Å²) in [5.74, 6) is 0.815. The number of fused-ring (bicyclic) bond motifs is 1. The summed E-state index contributed by atoms with van der Waals surface area (Å²) in [5, 5.41) is 10.1. The third-order valence-corrected chi connectivity index (χ3v) is 5.38. The molecule has 0 spiro atoms. The summed E-state index contributed by atoms with van der Waals surface area (Å²) in [6.45, 7) is 3.37. The molecule has 1 aliphatic heterocycles. The first-order valence-electron chi connectivity index (χ1n) is 10.2. The molecule has 2 unspecified atom stereocenters. The van der Waals surface area contributed by atoms with Crippen molar-refractivity contribution < 1.29 is 18.0 Å². The Morgan fingerprint density at radius 3 is 2.59 bits per heavy atom. The second kappa shape index (κ2) is 8.89. The van der Waals surface area contributed by atoms with Gasteiger partial charge in [-0.05, 0) is 43.3 Å². The molecule has 0 bridgehead atoms. The van der Waals surface area contributed by atoms with Crippen molar-refractivity contribution in [2.24, 2.45) is 5.92 Å². The Labute approximate surface area is 183 Å². The Morgan fingerprint density at radius 1 is 1.12 bits per heavy atom. The topological polar surface area (TPSA) is 75.1 Å². The number of carbonyl (C=O) groups excluding carboxylic acids is 1. The third kappa shape index (κ3) is 4.84. The standard InChI is InChI=1S/C22H23F3N6O/c1-15(19-4-2-3-10-26-19)29-21(32)27-12-16-13-30(20-9-11-28-31(20)14-16)18-7-5-17(6-8-18)22(23,24)25/h2-11,15-16H,12-14H2,1H3,(H2,27,29,32). The van der Waals surface area contributed by atoms with Crippen LogP contribution >= 0.6 is 0 Å². The molecule has 2 atom stereocenters. The van der Waals surface area contributed by atoms with Crippen LogP contribution in [-0.4, -0.2) is 33.9 Å². The normalized spacial score (nSPS) is 16.9. The van der Waals surface area contributed by atoms with Gasteiger partial charge in [0.1, 0.15) is 5.82 Å². The van der Waals surface area contributed by atoms with E-state index < -0.39 is 11.7 Å². The number of urea groups is 1. The maximum absolute atomic E-state index is 12.9. The zero-order valence-corrected chi connectivity index (χ0v) is 17.4. The van der Waals surface area contributed by atoms with Gasteiger partial charge in [0, 0.05) is 43.5 Å². The van der Waals surface area contributed by atoms with E-state index >= 15 is 0 Å². The summed E-state index contributed by atoms with van der Waals surface area (Å²) in [7, 11) is 0. The number of alkyl halides is 3. The minimum Gasteiger partial charge on any atom is -0.338 e. The molecule has 0 saturated carbocycles. The smallest absolute Gasteiger partial charge is 0.338 e. The second-order valence-electron chi connectivity index (χ2n) is 7.72. The van der Waals surface area contributed by atoms with E-state index in [9.17, 15) is 18.0 Å². The van der Waals surface area contributed by atoms with Gasteiger partial charge in [-0.2, -0.15) is 18.3 Å². The average molecular weight is 444 g/mol. The first kappa shape index (κ1) is 21.7. The summed E-state index contributed by atoms with van der Waals surface area (Å²) in [5.41, 5.74) is 0.705. The Hall–Kier alpha value is -3.56. The first-order valence-corrected chi connectivity index (χ1v) is 10.2. The number of rotatable bonds is 5. The molecule has 168 valence electrons. The van der Waals surface area contributed by atoms with Gasteiger partial charge < -0.3 is 15.5 Å². The summed E-state index contributed by atoms with van der Waals surface area (Å²) >= 11 is 0. The highest BCUT2D eigenvalue weighted by molar-refractivity contribution is 5.74. The second-order valence-corrected chi connectivity index (χ2v) is 7.72. The Balaban J connectivity index is 1.40. The fourth-order valence-electron chi connectivity index (χ4n) is 3.74. The van der Waals surface area contributed by atoms with Crippen molar-refractivity contribution in [1.82, 2.24) is 25.4 Å². The van der Waals surface area contributed by atoms with Crippen LogP contribution in [0.3, 0.4) is 0 Å². The Morgan fingerprint density at radius 2 is 1.91 bits per heavy atom. The summed E-state index contributed by atoms with van der Waals surface area (Å²) in [6, 6.07) is 11.8. The van der Waals surface area contributed by atoms with E-state index in [0.29, 0.717) is 25.3 Å². The van der Waals surface area contributed by atoms with Crippen molar-refractivity contribution in [1.29, 1.82) is 0 Å². The summed E-state index contributed by atoms with van der Waals surface area (Å²) in [4.78, 5) is 18.5. The van der Waals surface area contributed by atoms with E-state index in [1.54, 1.807) is 17.1 Å². The van der Waals surface area contributed by atoms with Crippen LogP contribution in [0.25, 0.3) is 0 Å². The fraction of sp³-hybridized carbons (Fsp3) is 0.318. The minimum absolute atomic E-state index is 0.0144. The van der Waals surface area contributed by atoms with E-state index in [-0.39, 0.29) is 18.0 Å². The van der Waals surface area contributed by atoms with E-state index in [4.69, 9.17) is 0 Å². The lowest BCUT2D eigenvalue weighted by Crippen LogP contribution is -2.44. The van der Waals surface area contributed by atoms with E-state index in [1.807, 2.05) is 36.1 Å². The molecule has 0 saturated heterocycles. The van der Waals surface area contributed by atoms with Gasteiger partial charge in [0.25, 0.3) is 0 Å². The molecule has 10 heteroatoms. The number of hydrogen-bond acceptors (Lipinski definition) is 4. The Bertz CT molecular complexity index is 1050. The molecule has 2 N–H and O–H groups in total. The number of aromatic nitrogens is 3. The highest BCUT2D eigenvalue weighted by Gasteiger charge is 2.31. The molecule has 2 amide bonds. The molecule has 1 aromatic carbocycles.